The number of methoxy groups -OCH3 is 3. The van der Waals surface area contributed by atoms with E-state index >= 15 is 0 Å². The van der Waals surface area contributed by atoms with Crippen LogP contribution in [0.15, 0.2) is 30.3 Å². The minimum Gasteiger partial charge on any atom is -0.493 e. The SMILES string of the molecule is CNc1ccc(/C=C\c2cc(OC)c(OC)c(OC)c2)cc1Cl. The lowest BCUT2D eigenvalue weighted by atomic mass is 10.1. The zero-order valence-electron chi connectivity index (χ0n) is 13.6. The maximum absolute atomic E-state index is 6.19. The van der Waals surface area contributed by atoms with Gasteiger partial charge in [0.05, 0.1) is 32.0 Å². The van der Waals surface area contributed by atoms with Crippen molar-refractivity contribution < 1.29 is 14.2 Å². The van der Waals surface area contributed by atoms with Gasteiger partial charge in [-0.05, 0) is 35.4 Å². The van der Waals surface area contributed by atoms with Gasteiger partial charge in [0.1, 0.15) is 0 Å². The Hall–Kier alpha value is -2.33. The zero-order chi connectivity index (χ0) is 16.8. The Labute approximate surface area is 141 Å². The van der Waals surface area contributed by atoms with Crippen molar-refractivity contribution in [1.82, 2.24) is 0 Å². The summed E-state index contributed by atoms with van der Waals surface area (Å²) in [6.07, 6.45) is 3.95. The topological polar surface area (TPSA) is 39.7 Å². The molecule has 0 atom stereocenters. The van der Waals surface area contributed by atoms with Crippen LogP contribution in [-0.2, 0) is 0 Å². The first kappa shape index (κ1) is 17.0. The van der Waals surface area contributed by atoms with Gasteiger partial charge in [0, 0.05) is 7.05 Å². The second kappa shape index (κ2) is 7.79. The van der Waals surface area contributed by atoms with E-state index in [9.17, 15) is 0 Å². The molecule has 4 nitrogen and oxygen atoms in total. The number of halogens is 1. The maximum Gasteiger partial charge on any atom is 0.203 e. The highest BCUT2D eigenvalue weighted by molar-refractivity contribution is 6.33. The highest BCUT2D eigenvalue weighted by Gasteiger charge is 2.11. The second-order valence-electron chi connectivity index (χ2n) is 4.78. The monoisotopic (exact) mass is 333 g/mol. The summed E-state index contributed by atoms with van der Waals surface area (Å²) in [5, 5.41) is 3.72. The summed E-state index contributed by atoms with van der Waals surface area (Å²) in [5.74, 6) is 1.82. The van der Waals surface area contributed by atoms with Crippen molar-refractivity contribution in [2.45, 2.75) is 0 Å². The average Bonchev–Trinajstić information content (AvgIpc) is 2.58. The van der Waals surface area contributed by atoms with Crippen LogP contribution in [0.25, 0.3) is 12.2 Å². The van der Waals surface area contributed by atoms with Crippen molar-refractivity contribution >= 4 is 29.4 Å². The van der Waals surface area contributed by atoms with Gasteiger partial charge in [0.25, 0.3) is 0 Å². The van der Waals surface area contributed by atoms with Crippen molar-refractivity contribution in [3.05, 3.63) is 46.5 Å². The third kappa shape index (κ3) is 3.90. The average molecular weight is 334 g/mol. The number of benzene rings is 2. The number of rotatable bonds is 6. The van der Waals surface area contributed by atoms with Gasteiger partial charge >= 0.3 is 0 Å². The number of ether oxygens (including phenoxy) is 3. The molecule has 0 aromatic heterocycles. The summed E-state index contributed by atoms with van der Waals surface area (Å²) in [7, 11) is 6.62. The molecular formula is C18H20ClNO3. The van der Waals surface area contributed by atoms with Crippen molar-refractivity contribution in [3.8, 4) is 17.2 Å². The largest absolute Gasteiger partial charge is 0.493 e. The van der Waals surface area contributed by atoms with E-state index < -0.39 is 0 Å². The summed E-state index contributed by atoms with van der Waals surface area (Å²) in [4.78, 5) is 0. The van der Waals surface area contributed by atoms with Crippen LogP contribution in [-0.4, -0.2) is 28.4 Å². The molecule has 2 aromatic carbocycles. The predicted octanol–water partition coefficient (Wildman–Crippen LogP) is 4.58. The molecule has 0 aliphatic rings. The van der Waals surface area contributed by atoms with Gasteiger partial charge in [-0.2, -0.15) is 0 Å². The maximum atomic E-state index is 6.19. The number of hydrogen-bond donors (Lipinski definition) is 1. The molecule has 0 saturated carbocycles. The molecule has 2 rings (SSSR count). The fourth-order valence-corrected chi connectivity index (χ4v) is 2.51. The lowest BCUT2D eigenvalue weighted by molar-refractivity contribution is 0.324. The lowest BCUT2D eigenvalue weighted by Crippen LogP contribution is -1.95. The molecule has 0 unspecified atom stereocenters. The van der Waals surface area contributed by atoms with E-state index in [0.29, 0.717) is 22.3 Å². The van der Waals surface area contributed by atoms with Gasteiger partial charge in [-0.15, -0.1) is 0 Å². The van der Waals surface area contributed by atoms with Gasteiger partial charge in [0.2, 0.25) is 5.75 Å². The Kier molecular flexibility index (Phi) is 5.77. The molecule has 0 aliphatic carbocycles. The van der Waals surface area contributed by atoms with Crippen LogP contribution in [0.2, 0.25) is 5.02 Å². The Morgan fingerprint density at radius 2 is 1.48 bits per heavy atom. The summed E-state index contributed by atoms with van der Waals surface area (Å²) >= 11 is 6.19. The van der Waals surface area contributed by atoms with Crippen LogP contribution < -0.4 is 19.5 Å². The first-order valence-electron chi connectivity index (χ1n) is 7.08. The van der Waals surface area contributed by atoms with Crippen LogP contribution in [0.5, 0.6) is 17.2 Å². The molecule has 0 spiro atoms. The molecule has 1 N–H and O–H groups in total. The van der Waals surface area contributed by atoms with Crippen molar-refractivity contribution in [1.29, 1.82) is 0 Å². The summed E-state index contributed by atoms with van der Waals surface area (Å²) in [6, 6.07) is 9.62. The van der Waals surface area contributed by atoms with Gasteiger partial charge in [-0.1, -0.05) is 29.8 Å². The summed E-state index contributed by atoms with van der Waals surface area (Å²) in [6.45, 7) is 0. The summed E-state index contributed by atoms with van der Waals surface area (Å²) in [5.41, 5.74) is 2.84. The van der Waals surface area contributed by atoms with E-state index in [1.807, 2.05) is 49.5 Å². The molecule has 0 saturated heterocycles. The van der Waals surface area contributed by atoms with Crippen molar-refractivity contribution in [3.63, 3.8) is 0 Å². The Morgan fingerprint density at radius 1 is 0.870 bits per heavy atom. The smallest absolute Gasteiger partial charge is 0.203 e. The first-order chi connectivity index (χ1) is 11.1. The van der Waals surface area contributed by atoms with E-state index in [2.05, 4.69) is 5.32 Å². The highest BCUT2D eigenvalue weighted by atomic mass is 35.5. The highest BCUT2D eigenvalue weighted by Crippen LogP contribution is 2.38. The van der Waals surface area contributed by atoms with Crippen LogP contribution in [0, 0.1) is 0 Å². The van der Waals surface area contributed by atoms with Crippen LogP contribution in [0.3, 0.4) is 0 Å². The fraction of sp³-hybridized carbons (Fsp3) is 0.222. The molecule has 122 valence electrons. The molecule has 0 radical (unpaired) electrons. The minimum atomic E-state index is 0.577. The molecular weight excluding hydrogens is 314 g/mol. The number of hydrogen-bond acceptors (Lipinski definition) is 4. The van der Waals surface area contributed by atoms with E-state index in [0.717, 1.165) is 16.8 Å². The van der Waals surface area contributed by atoms with Gasteiger partial charge in [-0.3, -0.25) is 0 Å². The lowest BCUT2D eigenvalue weighted by Gasteiger charge is -2.12. The normalized spacial score (nSPS) is 10.7. The molecule has 5 heteroatoms. The van der Waals surface area contributed by atoms with E-state index in [1.165, 1.54) is 0 Å². The van der Waals surface area contributed by atoms with Crippen molar-refractivity contribution in [2.75, 3.05) is 33.7 Å². The number of nitrogens with one attached hydrogen (secondary N) is 1. The van der Waals surface area contributed by atoms with Crippen molar-refractivity contribution in [2.24, 2.45) is 0 Å². The second-order valence-corrected chi connectivity index (χ2v) is 5.19. The van der Waals surface area contributed by atoms with Crippen LogP contribution in [0.1, 0.15) is 11.1 Å². The zero-order valence-corrected chi connectivity index (χ0v) is 14.4. The van der Waals surface area contributed by atoms with E-state index in [1.54, 1.807) is 21.3 Å². The number of anilines is 1. The van der Waals surface area contributed by atoms with Crippen LogP contribution >= 0.6 is 11.6 Å². The van der Waals surface area contributed by atoms with E-state index in [-0.39, 0.29) is 0 Å². The Morgan fingerprint density at radius 3 is 1.96 bits per heavy atom. The van der Waals surface area contributed by atoms with Gasteiger partial charge in [0.15, 0.2) is 11.5 Å². The third-order valence-corrected chi connectivity index (χ3v) is 3.73. The van der Waals surface area contributed by atoms with Crippen LogP contribution in [0.4, 0.5) is 5.69 Å². The predicted molar refractivity (Wildman–Crippen MR) is 96.0 cm³/mol. The molecule has 0 amide bonds. The van der Waals surface area contributed by atoms with E-state index in [4.69, 9.17) is 25.8 Å². The first-order valence-corrected chi connectivity index (χ1v) is 7.46. The summed E-state index contributed by atoms with van der Waals surface area (Å²) < 4.78 is 16.0. The molecule has 0 heterocycles. The van der Waals surface area contributed by atoms with Gasteiger partial charge in [-0.25, -0.2) is 0 Å². The molecule has 23 heavy (non-hydrogen) atoms. The quantitative estimate of drug-likeness (QED) is 0.785. The molecule has 0 aliphatic heterocycles. The Bertz CT molecular complexity index is 688. The fourth-order valence-electron chi connectivity index (χ4n) is 2.23. The Balaban J connectivity index is 2.34. The minimum absolute atomic E-state index is 0.577. The molecule has 0 fully saturated rings. The van der Waals surface area contributed by atoms with Gasteiger partial charge < -0.3 is 19.5 Å². The molecule has 0 bridgehead atoms. The third-order valence-electron chi connectivity index (χ3n) is 3.42. The molecule has 2 aromatic rings. The standard InChI is InChI=1S/C18H20ClNO3/c1-20-15-8-7-12(9-14(15)19)5-6-13-10-16(21-2)18(23-4)17(11-13)22-3/h5-11,20H,1-4H3/b6-5-.